The number of methoxy groups -OCH3 is 3. The van der Waals surface area contributed by atoms with Crippen LogP contribution in [0.4, 0.5) is 0 Å². The van der Waals surface area contributed by atoms with Gasteiger partial charge in [-0.3, -0.25) is 5.10 Å². The Morgan fingerprint density at radius 1 is 1.10 bits per heavy atom. The number of nitrogens with zero attached hydrogens (tertiary/aromatic N) is 2. The quantitative estimate of drug-likeness (QED) is 0.619. The van der Waals surface area contributed by atoms with Gasteiger partial charge >= 0.3 is 0 Å². The van der Waals surface area contributed by atoms with Gasteiger partial charge in [-0.15, -0.1) is 5.10 Å². The Kier molecular flexibility index (Phi) is 5.36. The first-order valence-corrected chi connectivity index (χ1v) is 9.61. The van der Waals surface area contributed by atoms with Gasteiger partial charge in [-0.05, 0) is 29.8 Å². The first kappa shape index (κ1) is 20.4. The van der Waals surface area contributed by atoms with E-state index in [2.05, 4.69) is 16.3 Å². The van der Waals surface area contributed by atoms with E-state index in [1.54, 1.807) is 38.5 Å². The van der Waals surface area contributed by atoms with E-state index in [-0.39, 0.29) is 11.5 Å². The number of rotatable bonds is 5. The van der Waals surface area contributed by atoms with Crippen molar-refractivity contribution < 1.29 is 18.9 Å². The van der Waals surface area contributed by atoms with Gasteiger partial charge in [0.05, 0.1) is 38.5 Å². The van der Waals surface area contributed by atoms with Crippen molar-refractivity contribution in [1.29, 1.82) is 5.26 Å². The highest BCUT2D eigenvalue weighted by molar-refractivity contribution is 6.30. The fourth-order valence-electron chi connectivity index (χ4n) is 3.68. The normalized spacial score (nSPS) is 15.0. The van der Waals surface area contributed by atoms with Crippen molar-refractivity contribution in [2.45, 2.75) is 5.92 Å². The zero-order valence-corrected chi connectivity index (χ0v) is 17.8. The molecule has 1 unspecified atom stereocenters. The van der Waals surface area contributed by atoms with Crippen LogP contribution in [0.15, 0.2) is 47.9 Å². The zero-order valence-electron chi connectivity index (χ0n) is 17.0. The van der Waals surface area contributed by atoms with Crippen molar-refractivity contribution in [2.24, 2.45) is 5.73 Å². The molecule has 3 aromatic rings. The summed E-state index contributed by atoms with van der Waals surface area (Å²) in [6.07, 6.45) is 0. The number of H-pyrrole nitrogens is 1. The minimum Gasteiger partial charge on any atom is -0.493 e. The second-order valence-corrected chi connectivity index (χ2v) is 7.14. The molecule has 4 rings (SSSR count). The molecule has 1 aromatic heterocycles. The first-order valence-electron chi connectivity index (χ1n) is 9.24. The molecule has 2 aromatic carbocycles. The van der Waals surface area contributed by atoms with Gasteiger partial charge in [-0.2, -0.15) is 5.26 Å². The highest BCUT2D eigenvalue weighted by Gasteiger charge is 2.36. The van der Waals surface area contributed by atoms with E-state index in [0.29, 0.717) is 45.0 Å². The molecule has 1 atom stereocenters. The first-order chi connectivity index (χ1) is 15.0. The van der Waals surface area contributed by atoms with E-state index < -0.39 is 5.92 Å². The number of nitriles is 1. The molecule has 9 heteroatoms. The van der Waals surface area contributed by atoms with Crippen molar-refractivity contribution in [3.8, 4) is 40.5 Å². The zero-order chi connectivity index (χ0) is 22.1. The fourth-order valence-corrected chi connectivity index (χ4v) is 3.81. The molecule has 8 nitrogen and oxygen atoms in total. The molecule has 2 heterocycles. The molecule has 0 spiro atoms. The standard InChI is InChI=1S/C22H19ClN4O4/c1-28-15-8-12(9-16(29-2)20(15)30-3)19-18-17(11-4-6-13(23)7-5-11)14(10-24)21(25)31-22(18)27-26-19/h4-9,17H,25H2,1-3H3,(H,26,27). The predicted molar refractivity (Wildman–Crippen MR) is 114 cm³/mol. The Balaban J connectivity index is 1.95. The third-order valence-electron chi connectivity index (χ3n) is 5.10. The number of halogens is 1. The molecule has 0 saturated heterocycles. The van der Waals surface area contributed by atoms with Crippen LogP contribution in [-0.4, -0.2) is 31.5 Å². The van der Waals surface area contributed by atoms with E-state index in [1.165, 1.54) is 7.11 Å². The summed E-state index contributed by atoms with van der Waals surface area (Å²) >= 11 is 6.07. The summed E-state index contributed by atoms with van der Waals surface area (Å²) in [6, 6.07) is 13.0. The summed E-state index contributed by atoms with van der Waals surface area (Å²) in [5, 5.41) is 17.7. The topological polar surface area (TPSA) is 115 Å². The molecule has 0 aliphatic carbocycles. The second-order valence-electron chi connectivity index (χ2n) is 6.71. The van der Waals surface area contributed by atoms with Crippen molar-refractivity contribution in [1.82, 2.24) is 10.2 Å². The van der Waals surface area contributed by atoms with Gasteiger partial charge in [0.1, 0.15) is 11.6 Å². The van der Waals surface area contributed by atoms with E-state index in [1.807, 2.05) is 12.1 Å². The molecule has 158 valence electrons. The van der Waals surface area contributed by atoms with Crippen molar-refractivity contribution in [3.05, 3.63) is 64.0 Å². The van der Waals surface area contributed by atoms with E-state index in [9.17, 15) is 5.26 Å². The molecule has 0 bridgehead atoms. The number of fused-ring (bicyclic) bond motifs is 1. The largest absolute Gasteiger partial charge is 0.493 e. The molecule has 0 saturated carbocycles. The van der Waals surface area contributed by atoms with Gasteiger partial charge in [-0.1, -0.05) is 23.7 Å². The summed E-state index contributed by atoms with van der Waals surface area (Å²) in [6.45, 7) is 0. The Labute approximate surface area is 183 Å². The van der Waals surface area contributed by atoms with Crippen LogP contribution in [0, 0.1) is 11.3 Å². The lowest BCUT2D eigenvalue weighted by atomic mass is 9.83. The highest BCUT2D eigenvalue weighted by Crippen LogP contribution is 2.48. The molecule has 0 radical (unpaired) electrons. The molecule has 3 N–H and O–H groups in total. The van der Waals surface area contributed by atoms with Crippen LogP contribution < -0.4 is 24.7 Å². The summed E-state index contributed by atoms with van der Waals surface area (Å²) in [5.74, 6) is 1.23. The highest BCUT2D eigenvalue weighted by atomic mass is 35.5. The average Bonchev–Trinajstić information content (AvgIpc) is 3.20. The number of aromatic nitrogens is 2. The van der Waals surface area contributed by atoms with Crippen LogP contribution in [0.1, 0.15) is 17.0 Å². The minimum absolute atomic E-state index is 0.0119. The fraction of sp³-hybridized carbons (Fsp3) is 0.182. The summed E-state index contributed by atoms with van der Waals surface area (Å²) < 4.78 is 22.0. The number of hydrogen-bond acceptors (Lipinski definition) is 7. The molecule has 31 heavy (non-hydrogen) atoms. The van der Waals surface area contributed by atoms with Gasteiger partial charge in [0, 0.05) is 10.6 Å². The molecule has 0 fully saturated rings. The average molecular weight is 439 g/mol. The van der Waals surface area contributed by atoms with E-state index >= 15 is 0 Å². The number of hydrogen-bond donors (Lipinski definition) is 2. The molecule has 1 aliphatic rings. The Bertz CT molecular complexity index is 1190. The summed E-state index contributed by atoms with van der Waals surface area (Å²) in [5.41, 5.74) is 9.16. The maximum atomic E-state index is 9.82. The third kappa shape index (κ3) is 3.39. The third-order valence-corrected chi connectivity index (χ3v) is 5.35. The second kappa shape index (κ2) is 8.13. The number of ether oxygens (including phenoxy) is 4. The maximum absolute atomic E-state index is 9.82. The van der Waals surface area contributed by atoms with Gasteiger partial charge in [-0.25, -0.2) is 0 Å². The summed E-state index contributed by atoms with van der Waals surface area (Å²) in [7, 11) is 4.62. The molecule has 1 aliphatic heterocycles. The van der Waals surface area contributed by atoms with Crippen LogP contribution in [0.3, 0.4) is 0 Å². The van der Waals surface area contributed by atoms with Gasteiger partial charge < -0.3 is 24.7 Å². The Hall–Kier alpha value is -3.83. The number of benzene rings is 2. The lowest BCUT2D eigenvalue weighted by molar-refractivity contribution is 0.324. The number of aromatic amines is 1. The lowest BCUT2D eigenvalue weighted by Crippen LogP contribution is -2.20. The van der Waals surface area contributed by atoms with Crippen molar-refractivity contribution in [2.75, 3.05) is 21.3 Å². The predicted octanol–water partition coefficient (Wildman–Crippen LogP) is 3.97. The lowest BCUT2D eigenvalue weighted by Gasteiger charge is -2.24. The monoisotopic (exact) mass is 438 g/mol. The van der Waals surface area contributed by atoms with Crippen LogP contribution in [0.5, 0.6) is 23.1 Å². The van der Waals surface area contributed by atoms with Gasteiger partial charge in [0.25, 0.3) is 0 Å². The Morgan fingerprint density at radius 3 is 2.29 bits per heavy atom. The molecule has 0 amide bonds. The van der Waals surface area contributed by atoms with Crippen molar-refractivity contribution in [3.63, 3.8) is 0 Å². The smallest absolute Gasteiger partial charge is 0.244 e. The van der Waals surface area contributed by atoms with Crippen molar-refractivity contribution >= 4 is 11.6 Å². The van der Waals surface area contributed by atoms with E-state index in [0.717, 1.165) is 5.56 Å². The van der Waals surface area contributed by atoms with Crippen LogP contribution in [-0.2, 0) is 0 Å². The minimum atomic E-state index is -0.501. The number of nitrogens with two attached hydrogens (primary N) is 1. The van der Waals surface area contributed by atoms with Crippen LogP contribution >= 0.6 is 11.6 Å². The van der Waals surface area contributed by atoms with Gasteiger partial charge in [0.15, 0.2) is 11.5 Å². The summed E-state index contributed by atoms with van der Waals surface area (Å²) in [4.78, 5) is 0. The number of allylic oxidation sites excluding steroid dienone is 1. The number of nitrogens with one attached hydrogen (secondary N) is 1. The van der Waals surface area contributed by atoms with Gasteiger partial charge in [0.2, 0.25) is 17.5 Å². The molecular weight excluding hydrogens is 420 g/mol. The maximum Gasteiger partial charge on any atom is 0.244 e. The van der Waals surface area contributed by atoms with E-state index in [4.69, 9.17) is 36.3 Å². The molecular formula is C22H19ClN4O4. The SMILES string of the molecule is COc1cc(-c2[nH]nc3c2C(c2ccc(Cl)cc2)C(C#N)=C(N)O3)cc(OC)c1OC. The Morgan fingerprint density at radius 2 is 1.74 bits per heavy atom. The van der Waals surface area contributed by atoms with Crippen LogP contribution in [0.2, 0.25) is 5.02 Å². The van der Waals surface area contributed by atoms with Crippen LogP contribution in [0.25, 0.3) is 11.3 Å².